The predicted molar refractivity (Wildman–Crippen MR) is 79.0 cm³/mol. The monoisotopic (exact) mass is 260 g/mol. The number of benzene rings is 1. The predicted octanol–water partition coefficient (Wildman–Crippen LogP) is 3.04. The first-order valence-corrected chi connectivity index (χ1v) is 7.43. The SMILES string of the molecule is COc1ccc(NC2CCN3CCCCC23)c(C)c1. The second kappa shape index (κ2) is 5.41. The lowest BCUT2D eigenvalue weighted by atomic mass is 9.98. The van der Waals surface area contributed by atoms with Gasteiger partial charge in [-0.25, -0.2) is 0 Å². The molecule has 0 radical (unpaired) electrons. The van der Waals surface area contributed by atoms with E-state index in [1.54, 1.807) is 7.11 Å². The third-order valence-corrected chi connectivity index (χ3v) is 4.63. The van der Waals surface area contributed by atoms with Gasteiger partial charge in [0.25, 0.3) is 0 Å². The van der Waals surface area contributed by atoms with Crippen molar-refractivity contribution in [3.8, 4) is 5.75 Å². The number of fused-ring (bicyclic) bond motifs is 1. The molecule has 2 fully saturated rings. The van der Waals surface area contributed by atoms with E-state index in [0.717, 1.165) is 11.8 Å². The standard InChI is InChI=1S/C16H24N2O/c1-12-11-13(19-2)6-7-14(12)17-15-8-10-18-9-4-3-5-16(15)18/h6-7,11,15-17H,3-5,8-10H2,1-2H3. The van der Waals surface area contributed by atoms with Crippen molar-refractivity contribution in [3.63, 3.8) is 0 Å². The number of nitrogens with one attached hydrogen (secondary N) is 1. The molecule has 2 unspecified atom stereocenters. The zero-order valence-corrected chi connectivity index (χ0v) is 12.0. The number of rotatable bonds is 3. The summed E-state index contributed by atoms with van der Waals surface area (Å²) >= 11 is 0. The first kappa shape index (κ1) is 12.8. The van der Waals surface area contributed by atoms with Crippen molar-refractivity contribution in [2.24, 2.45) is 0 Å². The fourth-order valence-corrected chi connectivity index (χ4v) is 3.54. The normalized spacial score (nSPS) is 27.1. The van der Waals surface area contributed by atoms with Crippen LogP contribution in [0.25, 0.3) is 0 Å². The Kier molecular flexibility index (Phi) is 3.65. The molecule has 0 spiro atoms. The van der Waals surface area contributed by atoms with Crippen LogP contribution >= 0.6 is 0 Å². The van der Waals surface area contributed by atoms with E-state index >= 15 is 0 Å². The number of aryl methyl sites for hydroxylation is 1. The number of nitrogens with zero attached hydrogens (tertiary/aromatic N) is 1. The molecule has 19 heavy (non-hydrogen) atoms. The van der Waals surface area contributed by atoms with Gasteiger partial charge in [0.15, 0.2) is 0 Å². The van der Waals surface area contributed by atoms with Gasteiger partial charge in [0.2, 0.25) is 0 Å². The molecule has 2 aliphatic heterocycles. The second-order valence-corrected chi connectivity index (χ2v) is 5.82. The van der Waals surface area contributed by atoms with E-state index in [-0.39, 0.29) is 0 Å². The summed E-state index contributed by atoms with van der Waals surface area (Å²) in [5, 5.41) is 3.76. The van der Waals surface area contributed by atoms with Crippen LogP contribution in [-0.2, 0) is 0 Å². The average Bonchev–Trinajstić information content (AvgIpc) is 2.84. The third kappa shape index (κ3) is 2.57. The molecule has 3 heteroatoms. The molecule has 0 amide bonds. The Balaban J connectivity index is 1.71. The van der Waals surface area contributed by atoms with Gasteiger partial charge in [-0.3, -0.25) is 4.90 Å². The van der Waals surface area contributed by atoms with E-state index in [9.17, 15) is 0 Å². The van der Waals surface area contributed by atoms with Crippen LogP contribution < -0.4 is 10.1 Å². The van der Waals surface area contributed by atoms with Crippen molar-refractivity contribution in [3.05, 3.63) is 23.8 Å². The highest BCUT2D eigenvalue weighted by molar-refractivity contribution is 5.54. The van der Waals surface area contributed by atoms with E-state index in [4.69, 9.17) is 4.74 Å². The number of hydrogen-bond donors (Lipinski definition) is 1. The van der Waals surface area contributed by atoms with E-state index < -0.39 is 0 Å². The summed E-state index contributed by atoms with van der Waals surface area (Å²) in [7, 11) is 1.72. The molecule has 104 valence electrons. The van der Waals surface area contributed by atoms with Crippen LogP contribution in [0.1, 0.15) is 31.2 Å². The van der Waals surface area contributed by atoms with Gasteiger partial charge in [0.05, 0.1) is 7.11 Å². The summed E-state index contributed by atoms with van der Waals surface area (Å²) in [5.41, 5.74) is 2.53. The molecular formula is C16H24N2O. The number of ether oxygens (including phenoxy) is 1. The summed E-state index contributed by atoms with van der Waals surface area (Å²) in [4.78, 5) is 2.67. The average molecular weight is 260 g/mol. The van der Waals surface area contributed by atoms with Crippen LogP contribution in [0.3, 0.4) is 0 Å². The van der Waals surface area contributed by atoms with Gasteiger partial charge >= 0.3 is 0 Å². The first-order valence-electron chi connectivity index (χ1n) is 7.43. The molecule has 0 bridgehead atoms. The summed E-state index contributed by atoms with van der Waals surface area (Å²) < 4.78 is 5.27. The lowest BCUT2D eigenvalue weighted by Crippen LogP contribution is -2.41. The Labute approximate surface area is 115 Å². The Morgan fingerprint density at radius 1 is 1.21 bits per heavy atom. The maximum atomic E-state index is 5.27. The van der Waals surface area contributed by atoms with Crippen molar-refractivity contribution in [1.29, 1.82) is 0 Å². The topological polar surface area (TPSA) is 24.5 Å². The van der Waals surface area contributed by atoms with Gasteiger partial charge in [-0.2, -0.15) is 0 Å². The van der Waals surface area contributed by atoms with Crippen LogP contribution in [0.4, 0.5) is 5.69 Å². The molecule has 2 heterocycles. The highest BCUT2D eigenvalue weighted by Gasteiger charge is 2.35. The van der Waals surface area contributed by atoms with Crippen LogP contribution in [0.5, 0.6) is 5.75 Å². The van der Waals surface area contributed by atoms with E-state index in [1.807, 2.05) is 6.07 Å². The molecule has 0 aromatic heterocycles. The molecule has 3 rings (SSSR count). The first-order chi connectivity index (χ1) is 9.28. The van der Waals surface area contributed by atoms with Gasteiger partial charge in [0, 0.05) is 24.3 Å². The van der Waals surface area contributed by atoms with E-state index in [0.29, 0.717) is 6.04 Å². The lowest BCUT2D eigenvalue weighted by molar-refractivity contribution is 0.193. The Hall–Kier alpha value is -1.22. The number of anilines is 1. The lowest BCUT2D eigenvalue weighted by Gasteiger charge is -2.33. The van der Waals surface area contributed by atoms with Gasteiger partial charge in [-0.15, -0.1) is 0 Å². The van der Waals surface area contributed by atoms with Crippen LogP contribution in [-0.4, -0.2) is 37.2 Å². The second-order valence-electron chi connectivity index (χ2n) is 5.82. The summed E-state index contributed by atoms with van der Waals surface area (Å²) in [6, 6.07) is 7.67. The summed E-state index contributed by atoms with van der Waals surface area (Å²) in [6.07, 6.45) is 5.40. The molecule has 1 N–H and O–H groups in total. The van der Waals surface area contributed by atoms with Crippen molar-refractivity contribution in [2.75, 3.05) is 25.5 Å². The van der Waals surface area contributed by atoms with Gasteiger partial charge in [0.1, 0.15) is 5.75 Å². The zero-order chi connectivity index (χ0) is 13.2. The maximum Gasteiger partial charge on any atom is 0.119 e. The van der Waals surface area contributed by atoms with Crippen molar-refractivity contribution < 1.29 is 4.74 Å². The van der Waals surface area contributed by atoms with Crippen molar-refractivity contribution in [2.45, 2.75) is 44.7 Å². The van der Waals surface area contributed by atoms with Crippen molar-refractivity contribution in [1.82, 2.24) is 4.90 Å². The minimum atomic E-state index is 0.618. The molecular weight excluding hydrogens is 236 g/mol. The van der Waals surface area contributed by atoms with E-state index in [2.05, 4.69) is 29.3 Å². The fraction of sp³-hybridized carbons (Fsp3) is 0.625. The smallest absolute Gasteiger partial charge is 0.119 e. The summed E-state index contributed by atoms with van der Waals surface area (Å²) in [6.45, 7) is 4.71. The number of hydrogen-bond acceptors (Lipinski definition) is 3. The van der Waals surface area contributed by atoms with E-state index in [1.165, 1.54) is 50.0 Å². The minimum Gasteiger partial charge on any atom is -0.497 e. The maximum absolute atomic E-state index is 5.27. The Morgan fingerprint density at radius 3 is 2.89 bits per heavy atom. The highest BCUT2D eigenvalue weighted by atomic mass is 16.5. The third-order valence-electron chi connectivity index (χ3n) is 4.63. The molecule has 1 aromatic rings. The minimum absolute atomic E-state index is 0.618. The summed E-state index contributed by atoms with van der Waals surface area (Å²) in [5.74, 6) is 0.939. The largest absolute Gasteiger partial charge is 0.497 e. The van der Waals surface area contributed by atoms with Crippen LogP contribution in [0.2, 0.25) is 0 Å². The van der Waals surface area contributed by atoms with Crippen LogP contribution in [0.15, 0.2) is 18.2 Å². The highest BCUT2D eigenvalue weighted by Crippen LogP contribution is 2.30. The Morgan fingerprint density at radius 2 is 2.11 bits per heavy atom. The van der Waals surface area contributed by atoms with Crippen molar-refractivity contribution >= 4 is 5.69 Å². The van der Waals surface area contributed by atoms with Gasteiger partial charge in [-0.1, -0.05) is 6.42 Å². The molecule has 2 aliphatic rings. The molecule has 1 aromatic carbocycles. The number of piperidine rings is 1. The van der Waals surface area contributed by atoms with Gasteiger partial charge < -0.3 is 10.1 Å². The molecule has 2 saturated heterocycles. The molecule has 0 saturated carbocycles. The quantitative estimate of drug-likeness (QED) is 0.904. The fourth-order valence-electron chi connectivity index (χ4n) is 3.54. The van der Waals surface area contributed by atoms with Gasteiger partial charge in [-0.05, 0) is 56.5 Å². The Bertz CT molecular complexity index is 446. The number of methoxy groups -OCH3 is 1. The molecule has 0 aliphatic carbocycles. The van der Waals surface area contributed by atoms with Crippen LogP contribution in [0, 0.1) is 6.92 Å². The molecule has 3 nitrogen and oxygen atoms in total. The molecule has 2 atom stereocenters. The zero-order valence-electron chi connectivity index (χ0n) is 12.0.